The molecule has 1 aromatic rings. The van der Waals surface area contributed by atoms with Crippen molar-refractivity contribution < 1.29 is 34.8 Å². The summed E-state index contributed by atoms with van der Waals surface area (Å²) in [7, 11) is -4.13. The molecule has 0 bridgehead atoms. The van der Waals surface area contributed by atoms with Gasteiger partial charge in [0.2, 0.25) is 0 Å². The molecule has 0 atom stereocenters. The van der Waals surface area contributed by atoms with E-state index in [1.807, 2.05) is 11.2 Å². The van der Waals surface area contributed by atoms with E-state index in [9.17, 15) is 34.8 Å². The fourth-order valence-electron chi connectivity index (χ4n) is 1.68. The molecule has 0 heterocycles. The molecule has 0 aliphatic rings. The first-order valence-corrected chi connectivity index (χ1v) is 8.29. The number of hydrogen-bond acceptors (Lipinski definition) is 4. The van der Waals surface area contributed by atoms with Crippen molar-refractivity contribution in [3.63, 3.8) is 0 Å². The van der Waals surface area contributed by atoms with Crippen molar-refractivity contribution >= 4 is 15.5 Å². The summed E-state index contributed by atoms with van der Waals surface area (Å²) in [6.45, 7) is 0. The molecule has 0 radical (unpaired) electrons. The molecule has 0 saturated heterocycles. The van der Waals surface area contributed by atoms with E-state index in [0.717, 1.165) is 0 Å². The molecule has 140 valence electrons. The third-order valence-electron chi connectivity index (χ3n) is 2.92. The molecular formula is C15H10F6N2O2S. The van der Waals surface area contributed by atoms with Crippen LogP contribution in [0.2, 0.25) is 0 Å². The summed E-state index contributed by atoms with van der Waals surface area (Å²) in [6.07, 6.45) is -4.91. The number of allylic oxidation sites excluding steroid dienone is 1. The van der Waals surface area contributed by atoms with Gasteiger partial charge in [-0.25, -0.2) is 8.42 Å². The Kier molecular flexibility index (Phi) is 6.34. The largest absolute Gasteiger partial charge is 0.416 e. The van der Waals surface area contributed by atoms with Crippen LogP contribution in [0.3, 0.4) is 0 Å². The third-order valence-corrected chi connectivity index (χ3v) is 4.54. The Balaban J connectivity index is 3.32. The molecule has 1 rings (SSSR count). The highest BCUT2D eigenvalue weighted by Gasteiger charge is 2.36. The molecule has 0 unspecified atom stereocenters. The van der Waals surface area contributed by atoms with Crippen LogP contribution < -0.4 is 5.32 Å². The number of nitriles is 1. The Morgan fingerprint density at radius 3 is 2.00 bits per heavy atom. The number of nitrogens with zero attached hydrogens (tertiary/aromatic N) is 1. The van der Waals surface area contributed by atoms with Crippen LogP contribution in [0.15, 0.2) is 29.3 Å². The number of benzene rings is 1. The summed E-state index contributed by atoms with van der Waals surface area (Å²) in [4.78, 5) is -0.876. The van der Waals surface area contributed by atoms with Crippen molar-refractivity contribution in [1.29, 1.82) is 5.26 Å². The van der Waals surface area contributed by atoms with Crippen molar-refractivity contribution in [2.24, 2.45) is 0 Å². The second-order valence-electron chi connectivity index (χ2n) is 4.83. The van der Waals surface area contributed by atoms with Crippen LogP contribution >= 0.6 is 0 Å². The summed E-state index contributed by atoms with van der Waals surface area (Å²) in [5.74, 6) is 1.44. The molecule has 0 aromatic heterocycles. The van der Waals surface area contributed by atoms with E-state index >= 15 is 0 Å². The fourth-order valence-corrected chi connectivity index (χ4v) is 2.67. The maximum atomic E-state index is 12.8. The topological polar surface area (TPSA) is 70.0 Å². The number of alkyl halides is 6. The molecular weight excluding hydrogens is 386 g/mol. The Morgan fingerprint density at radius 1 is 1.12 bits per heavy atom. The summed E-state index contributed by atoms with van der Waals surface area (Å²) in [5, 5.41) is 10.8. The van der Waals surface area contributed by atoms with Gasteiger partial charge in [0, 0.05) is 18.3 Å². The molecule has 0 fully saturated rings. The lowest BCUT2D eigenvalue weighted by Crippen LogP contribution is -2.12. The monoisotopic (exact) mass is 396 g/mol. The van der Waals surface area contributed by atoms with Gasteiger partial charge in [0.05, 0.1) is 16.9 Å². The molecule has 0 aliphatic carbocycles. The Hall–Kier alpha value is -2.66. The minimum atomic E-state index is -5.06. The molecule has 26 heavy (non-hydrogen) atoms. The van der Waals surface area contributed by atoms with Crippen LogP contribution in [-0.2, 0) is 22.2 Å². The van der Waals surface area contributed by atoms with Crippen LogP contribution in [0, 0.1) is 23.7 Å². The Morgan fingerprint density at radius 2 is 1.62 bits per heavy atom. The van der Waals surface area contributed by atoms with Crippen molar-refractivity contribution in [2.75, 3.05) is 11.1 Å². The van der Waals surface area contributed by atoms with E-state index in [0.29, 0.717) is 18.3 Å². The normalized spacial score (nSPS) is 13.0. The number of rotatable bonds is 5. The van der Waals surface area contributed by atoms with E-state index in [4.69, 9.17) is 11.7 Å². The second kappa shape index (κ2) is 7.70. The maximum absolute atomic E-state index is 12.8. The lowest BCUT2D eigenvalue weighted by Gasteiger charge is -2.14. The lowest BCUT2D eigenvalue weighted by atomic mass is 10.1. The van der Waals surface area contributed by atoms with Gasteiger partial charge >= 0.3 is 12.4 Å². The lowest BCUT2D eigenvalue weighted by molar-refractivity contribution is -0.143. The average Bonchev–Trinajstić information content (AvgIpc) is 2.51. The smallest absolute Gasteiger partial charge is 0.360 e. The van der Waals surface area contributed by atoms with E-state index in [1.165, 1.54) is 6.07 Å². The van der Waals surface area contributed by atoms with Crippen LogP contribution in [0.25, 0.3) is 0 Å². The predicted molar refractivity (Wildman–Crippen MR) is 81.0 cm³/mol. The quantitative estimate of drug-likeness (QED) is 0.465. The van der Waals surface area contributed by atoms with Crippen molar-refractivity contribution in [3.8, 4) is 18.4 Å². The van der Waals surface area contributed by atoms with Crippen LogP contribution in [0.4, 0.5) is 32.0 Å². The number of sulfone groups is 1. The van der Waals surface area contributed by atoms with Gasteiger partial charge in [0.25, 0.3) is 0 Å². The summed E-state index contributed by atoms with van der Waals surface area (Å²) in [6, 6.07) is 1.94. The van der Waals surface area contributed by atoms with E-state index in [-0.39, 0.29) is 12.5 Å². The highest BCUT2D eigenvalue weighted by Crippen LogP contribution is 2.37. The zero-order chi connectivity index (χ0) is 20.2. The molecule has 0 saturated carbocycles. The van der Waals surface area contributed by atoms with Crippen molar-refractivity contribution in [3.05, 3.63) is 40.4 Å². The first-order valence-electron chi connectivity index (χ1n) is 6.64. The van der Waals surface area contributed by atoms with Crippen LogP contribution in [0.1, 0.15) is 17.5 Å². The summed E-state index contributed by atoms with van der Waals surface area (Å²) >= 11 is 0. The van der Waals surface area contributed by atoms with E-state index in [1.54, 1.807) is 0 Å². The van der Waals surface area contributed by atoms with Gasteiger partial charge in [-0.2, -0.15) is 31.6 Å². The molecule has 1 aromatic carbocycles. The molecule has 0 spiro atoms. The van der Waals surface area contributed by atoms with Gasteiger partial charge in [-0.15, -0.1) is 12.3 Å². The first-order chi connectivity index (χ1) is 11.8. The number of terminal acetylenes is 1. The number of hydrogen-bond donors (Lipinski definition) is 1. The first kappa shape index (κ1) is 21.4. The van der Waals surface area contributed by atoms with Gasteiger partial charge in [0.1, 0.15) is 6.07 Å². The number of nitrogens with one attached hydrogen (secondary N) is 1. The average molecular weight is 396 g/mol. The maximum Gasteiger partial charge on any atom is 0.416 e. The molecule has 4 nitrogen and oxygen atoms in total. The molecule has 0 aliphatic heterocycles. The Bertz CT molecular complexity index is 854. The second-order valence-corrected chi connectivity index (χ2v) is 6.91. The minimum Gasteiger partial charge on any atom is -0.360 e. The zero-order valence-electron chi connectivity index (χ0n) is 12.7. The van der Waals surface area contributed by atoms with Gasteiger partial charge in [0.15, 0.2) is 14.7 Å². The summed E-state index contributed by atoms with van der Waals surface area (Å²) < 4.78 is 100. The summed E-state index contributed by atoms with van der Waals surface area (Å²) in [5.41, 5.74) is -3.86. The van der Waals surface area contributed by atoms with E-state index in [2.05, 4.69) is 0 Å². The van der Waals surface area contributed by atoms with Gasteiger partial charge in [-0.05, 0) is 18.2 Å². The highest BCUT2D eigenvalue weighted by molar-refractivity contribution is 7.95. The highest BCUT2D eigenvalue weighted by atomic mass is 32.2. The number of anilines is 1. The van der Waals surface area contributed by atoms with Gasteiger partial charge < -0.3 is 5.32 Å². The molecule has 0 amide bonds. The fraction of sp³-hybridized carbons (Fsp3) is 0.267. The molecule has 11 heteroatoms. The van der Waals surface area contributed by atoms with Crippen molar-refractivity contribution in [2.45, 2.75) is 18.8 Å². The third kappa shape index (κ3) is 5.70. The van der Waals surface area contributed by atoms with Crippen LogP contribution in [-0.4, -0.2) is 14.2 Å². The van der Waals surface area contributed by atoms with E-state index < -0.39 is 49.7 Å². The van der Waals surface area contributed by atoms with Crippen LogP contribution in [0.5, 0.6) is 0 Å². The van der Waals surface area contributed by atoms with Crippen molar-refractivity contribution in [1.82, 2.24) is 0 Å². The zero-order valence-corrected chi connectivity index (χ0v) is 13.6. The minimum absolute atomic E-state index is 0.0796. The standard InChI is InChI=1S/C15H10F6N2O2S/c1-2-3-4-26(24,25)13(8-22)9-23-12-6-10(14(16,17)18)5-11(7-12)15(19,20)21/h1,5-7,9,23H,3-4H2/b13-9+. The number of halogens is 6. The van der Waals surface area contributed by atoms with Gasteiger partial charge in [-0.3, -0.25) is 0 Å². The predicted octanol–water partition coefficient (Wildman–Crippen LogP) is 3.94. The molecule has 1 N–H and O–H groups in total. The Labute approximate surface area is 145 Å². The SMILES string of the molecule is C#CCCS(=O)(=O)/C(C#N)=C/Nc1cc(C(F)(F)F)cc(C(F)(F)F)c1. The van der Waals surface area contributed by atoms with Gasteiger partial charge in [-0.1, -0.05) is 0 Å².